The van der Waals surface area contributed by atoms with Crippen LogP contribution in [0.1, 0.15) is 5.56 Å². The number of benzene rings is 1. The fraction of sp³-hybridized carbons (Fsp3) is 0. The molecule has 0 N–H and O–H groups in total. The molecule has 0 aliphatic heterocycles. The van der Waals surface area contributed by atoms with Crippen molar-refractivity contribution in [1.82, 2.24) is 0 Å². The molecular formula is C8H6F2. The number of hydrogen-bond donors (Lipinski definition) is 0. The van der Waals surface area contributed by atoms with E-state index in [1.807, 2.05) is 0 Å². The zero-order chi connectivity index (χ0) is 7.40. The minimum Gasteiger partial charge on any atom is -0.216 e. The topological polar surface area (TPSA) is 0 Å². The van der Waals surface area contributed by atoms with Crippen molar-refractivity contribution in [1.29, 1.82) is 0 Å². The Morgan fingerprint density at radius 3 is 2.70 bits per heavy atom. The summed E-state index contributed by atoms with van der Waals surface area (Å²) in [5.74, 6) is -0.351. The van der Waals surface area contributed by atoms with Gasteiger partial charge in [0.05, 0.1) is 6.33 Å². The lowest BCUT2D eigenvalue weighted by atomic mass is 10.2. The first-order chi connectivity index (χ1) is 4.83. The molecule has 1 aromatic carbocycles. The van der Waals surface area contributed by atoms with Crippen LogP contribution in [0.3, 0.4) is 0 Å². The monoisotopic (exact) mass is 140 g/mol. The lowest BCUT2D eigenvalue weighted by Crippen LogP contribution is -1.73. The first kappa shape index (κ1) is 6.93. The molecule has 52 valence electrons. The lowest BCUT2D eigenvalue weighted by molar-refractivity contribution is 0.627. The summed E-state index contributed by atoms with van der Waals surface area (Å²) in [5.41, 5.74) is 0.530. The van der Waals surface area contributed by atoms with Crippen molar-refractivity contribution >= 4 is 6.08 Å². The fourth-order valence-corrected chi connectivity index (χ4v) is 0.683. The van der Waals surface area contributed by atoms with E-state index in [0.29, 0.717) is 11.9 Å². The molecule has 0 aliphatic carbocycles. The van der Waals surface area contributed by atoms with Gasteiger partial charge in [-0.1, -0.05) is 12.1 Å². The molecule has 0 unspecified atom stereocenters. The summed E-state index contributed by atoms with van der Waals surface area (Å²) in [5, 5.41) is 0. The Balaban J connectivity index is 2.95. The Morgan fingerprint density at radius 2 is 2.10 bits per heavy atom. The van der Waals surface area contributed by atoms with Gasteiger partial charge in [-0.25, -0.2) is 8.78 Å². The Labute approximate surface area is 57.8 Å². The van der Waals surface area contributed by atoms with E-state index in [2.05, 4.69) is 0 Å². The molecule has 10 heavy (non-hydrogen) atoms. The van der Waals surface area contributed by atoms with E-state index in [-0.39, 0.29) is 5.82 Å². The molecule has 0 nitrogen and oxygen atoms in total. The van der Waals surface area contributed by atoms with E-state index in [9.17, 15) is 8.78 Å². The van der Waals surface area contributed by atoms with Crippen LogP contribution in [-0.4, -0.2) is 0 Å². The highest BCUT2D eigenvalue weighted by Gasteiger charge is 1.88. The van der Waals surface area contributed by atoms with Crippen LogP contribution in [0.5, 0.6) is 0 Å². The third-order valence-electron chi connectivity index (χ3n) is 1.10. The van der Waals surface area contributed by atoms with E-state index in [1.54, 1.807) is 6.07 Å². The van der Waals surface area contributed by atoms with Gasteiger partial charge in [0.1, 0.15) is 5.82 Å². The Hall–Kier alpha value is -1.18. The fourth-order valence-electron chi connectivity index (χ4n) is 0.683. The molecule has 0 atom stereocenters. The van der Waals surface area contributed by atoms with Gasteiger partial charge in [0.25, 0.3) is 0 Å². The molecule has 1 rings (SSSR count). The van der Waals surface area contributed by atoms with Crippen molar-refractivity contribution in [2.75, 3.05) is 0 Å². The van der Waals surface area contributed by atoms with Crippen molar-refractivity contribution in [2.45, 2.75) is 0 Å². The highest BCUT2D eigenvalue weighted by molar-refractivity contribution is 5.47. The second-order valence-electron chi connectivity index (χ2n) is 1.85. The first-order valence-electron chi connectivity index (χ1n) is 2.85. The van der Waals surface area contributed by atoms with Gasteiger partial charge in [-0.2, -0.15) is 0 Å². The van der Waals surface area contributed by atoms with Crippen molar-refractivity contribution in [3.63, 3.8) is 0 Å². The van der Waals surface area contributed by atoms with Gasteiger partial charge in [-0.05, 0) is 23.8 Å². The molecule has 0 bridgehead atoms. The Bertz CT molecular complexity index is 241. The van der Waals surface area contributed by atoms with Crippen LogP contribution in [0.25, 0.3) is 6.08 Å². The summed E-state index contributed by atoms with van der Waals surface area (Å²) in [7, 11) is 0. The van der Waals surface area contributed by atoms with Gasteiger partial charge in [-0.3, -0.25) is 0 Å². The maximum Gasteiger partial charge on any atom is 0.123 e. The van der Waals surface area contributed by atoms with Gasteiger partial charge < -0.3 is 0 Å². The maximum atomic E-state index is 12.3. The predicted molar refractivity (Wildman–Crippen MR) is 36.5 cm³/mol. The number of rotatable bonds is 1. The highest BCUT2D eigenvalue weighted by atomic mass is 19.1. The van der Waals surface area contributed by atoms with Crippen LogP contribution >= 0.6 is 0 Å². The molecule has 0 aliphatic rings. The molecule has 0 fully saturated rings. The van der Waals surface area contributed by atoms with Gasteiger partial charge in [0.2, 0.25) is 0 Å². The summed E-state index contributed by atoms with van der Waals surface area (Å²) in [6.45, 7) is 0. The zero-order valence-electron chi connectivity index (χ0n) is 5.22. The second kappa shape index (κ2) is 3.11. The van der Waals surface area contributed by atoms with Gasteiger partial charge >= 0.3 is 0 Å². The number of hydrogen-bond acceptors (Lipinski definition) is 0. The summed E-state index contributed by atoms with van der Waals surface area (Å²) < 4.78 is 23.8. The molecule has 1 aromatic rings. The molecule has 0 aromatic heterocycles. The maximum absolute atomic E-state index is 12.3. The van der Waals surface area contributed by atoms with Crippen LogP contribution in [0.4, 0.5) is 8.78 Å². The summed E-state index contributed by atoms with van der Waals surface area (Å²) in [4.78, 5) is 0. The zero-order valence-corrected chi connectivity index (χ0v) is 5.22. The van der Waals surface area contributed by atoms with Gasteiger partial charge in [0, 0.05) is 0 Å². The highest BCUT2D eigenvalue weighted by Crippen LogP contribution is 2.04. The van der Waals surface area contributed by atoms with Crippen molar-refractivity contribution in [3.05, 3.63) is 42.0 Å². The van der Waals surface area contributed by atoms with Crippen molar-refractivity contribution in [2.24, 2.45) is 0 Å². The molecular weight excluding hydrogens is 134 g/mol. The van der Waals surface area contributed by atoms with Gasteiger partial charge in [0.15, 0.2) is 0 Å². The SMILES string of the molecule is FC=Cc1cccc(F)c1. The van der Waals surface area contributed by atoms with Crippen LogP contribution < -0.4 is 0 Å². The molecule has 0 amide bonds. The van der Waals surface area contributed by atoms with Crippen LogP contribution in [0, 0.1) is 5.82 Å². The molecule has 0 heterocycles. The molecule has 0 radical (unpaired) electrons. The largest absolute Gasteiger partial charge is 0.216 e. The summed E-state index contributed by atoms with van der Waals surface area (Å²) in [6.07, 6.45) is 1.58. The molecule has 2 heteroatoms. The van der Waals surface area contributed by atoms with Crippen LogP contribution in [0.2, 0.25) is 0 Å². The Kier molecular flexibility index (Phi) is 2.15. The second-order valence-corrected chi connectivity index (χ2v) is 1.85. The van der Waals surface area contributed by atoms with Crippen LogP contribution in [-0.2, 0) is 0 Å². The van der Waals surface area contributed by atoms with E-state index in [1.165, 1.54) is 24.3 Å². The summed E-state index contributed by atoms with van der Waals surface area (Å²) in [6, 6.07) is 5.73. The van der Waals surface area contributed by atoms with E-state index in [0.717, 1.165) is 0 Å². The minimum atomic E-state index is -0.351. The standard InChI is InChI=1S/C8H6F2/c9-5-4-7-2-1-3-8(10)6-7/h1-6H. The lowest BCUT2D eigenvalue weighted by Gasteiger charge is -1.89. The minimum absolute atomic E-state index is 0.351. The molecule has 0 spiro atoms. The van der Waals surface area contributed by atoms with E-state index in [4.69, 9.17) is 0 Å². The van der Waals surface area contributed by atoms with Crippen molar-refractivity contribution < 1.29 is 8.78 Å². The third kappa shape index (κ3) is 1.65. The quantitative estimate of drug-likeness (QED) is 0.562. The van der Waals surface area contributed by atoms with Crippen LogP contribution in [0.15, 0.2) is 30.6 Å². The molecule has 0 saturated carbocycles. The average molecular weight is 140 g/mol. The van der Waals surface area contributed by atoms with Gasteiger partial charge in [-0.15, -0.1) is 0 Å². The predicted octanol–water partition coefficient (Wildman–Crippen LogP) is 2.77. The average Bonchev–Trinajstić information content (AvgIpc) is 1.88. The molecule has 0 saturated heterocycles. The van der Waals surface area contributed by atoms with Crippen molar-refractivity contribution in [3.8, 4) is 0 Å². The smallest absolute Gasteiger partial charge is 0.123 e. The summed E-state index contributed by atoms with van der Waals surface area (Å²) >= 11 is 0. The number of halogens is 2. The van der Waals surface area contributed by atoms with E-state index >= 15 is 0 Å². The van der Waals surface area contributed by atoms with E-state index < -0.39 is 0 Å². The first-order valence-corrected chi connectivity index (χ1v) is 2.85. The Morgan fingerprint density at radius 1 is 1.30 bits per heavy atom. The normalized spacial score (nSPS) is 10.6. The third-order valence-corrected chi connectivity index (χ3v) is 1.10.